The molecule has 1 N–H and O–H groups in total. The van der Waals surface area contributed by atoms with Gasteiger partial charge in [-0.25, -0.2) is 0 Å². The van der Waals surface area contributed by atoms with E-state index in [1.165, 1.54) is 24.2 Å². The van der Waals surface area contributed by atoms with Gasteiger partial charge >= 0.3 is 0 Å². The molecule has 5 heteroatoms. The maximum Gasteiger partial charge on any atom is 0.131 e. The summed E-state index contributed by atoms with van der Waals surface area (Å²) >= 11 is 0. The van der Waals surface area contributed by atoms with Crippen molar-refractivity contribution in [2.45, 2.75) is 32.4 Å². The Kier molecular flexibility index (Phi) is 4.24. The molecule has 2 heterocycles. The third-order valence-corrected chi connectivity index (χ3v) is 3.53. The van der Waals surface area contributed by atoms with Crippen LogP contribution in [0.1, 0.15) is 24.1 Å². The van der Waals surface area contributed by atoms with E-state index in [1.807, 2.05) is 18.8 Å². The second-order valence-corrected chi connectivity index (χ2v) is 5.06. The summed E-state index contributed by atoms with van der Waals surface area (Å²) in [5.74, 6) is 1.19. The van der Waals surface area contributed by atoms with Crippen LogP contribution in [-0.4, -0.2) is 43.1 Å². The molecule has 1 atom stereocenters. The van der Waals surface area contributed by atoms with Gasteiger partial charge in [0.1, 0.15) is 5.82 Å². The zero-order valence-electron chi connectivity index (χ0n) is 11.9. The van der Waals surface area contributed by atoms with Gasteiger partial charge in [0.25, 0.3) is 0 Å². The van der Waals surface area contributed by atoms with Gasteiger partial charge in [-0.05, 0) is 26.8 Å². The van der Waals surface area contributed by atoms with Gasteiger partial charge < -0.3 is 15.0 Å². The highest BCUT2D eigenvalue weighted by molar-refractivity contribution is 5.49. The molecule has 1 aliphatic rings. The van der Waals surface area contributed by atoms with Gasteiger partial charge in [-0.1, -0.05) is 0 Å². The van der Waals surface area contributed by atoms with Crippen molar-refractivity contribution in [1.29, 1.82) is 0 Å². The van der Waals surface area contributed by atoms with Crippen molar-refractivity contribution in [1.82, 2.24) is 15.1 Å². The first kappa shape index (κ1) is 13.4. The summed E-state index contributed by atoms with van der Waals surface area (Å²) in [5, 5.41) is 7.74. The molecule has 1 aromatic rings. The molecule has 102 valence electrons. The van der Waals surface area contributed by atoms with Crippen LogP contribution >= 0.6 is 0 Å². The summed E-state index contributed by atoms with van der Waals surface area (Å²) in [6.45, 7) is 4.77. The Balaban J connectivity index is 2.14. The molecule has 1 aromatic heterocycles. The van der Waals surface area contributed by atoms with Crippen LogP contribution in [0.4, 0.5) is 5.82 Å². The molecular weight excluding hydrogens is 228 g/mol. The van der Waals surface area contributed by atoms with Crippen LogP contribution in [0, 0.1) is 6.92 Å². The SMILES string of the molecule is CNCc1c(C)nn(C)c1N(C)CC1CCCO1. The van der Waals surface area contributed by atoms with Gasteiger partial charge in [-0.2, -0.15) is 5.10 Å². The fraction of sp³-hybridized carbons (Fsp3) is 0.769. The summed E-state index contributed by atoms with van der Waals surface area (Å²) in [4.78, 5) is 2.27. The summed E-state index contributed by atoms with van der Waals surface area (Å²) in [7, 11) is 6.10. The molecule has 1 saturated heterocycles. The predicted octanol–water partition coefficient (Wildman–Crippen LogP) is 1.06. The maximum atomic E-state index is 5.70. The van der Waals surface area contributed by atoms with Gasteiger partial charge in [0.15, 0.2) is 0 Å². The van der Waals surface area contributed by atoms with E-state index in [4.69, 9.17) is 4.74 Å². The molecule has 0 aromatic carbocycles. The predicted molar refractivity (Wildman–Crippen MR) is 73.0 cm³/mol. The number of hydrogen-bond acceptors (Lipinski definition) is 4. The molecule has 1 fully saturated rings. The highest BCUT2D eigenvalue weighted by atomic mass is 16.5. The number of aromatic nitrogens is 2. The van der Waals surface area contributed by atoms with E-state index in [0.29, 0.717) is 6.10 Å². The smallest absolute Gasteiger partial charge is 0.131 e. The van der Waals surface area contributed by atoms with Crippen LogP contribution in [0.15, 0.2) is 0 Å². The number of nitrogens with one attached hydrogen (secondary N) is 1. The van der Waals surface area contributed by atoms with E-state index in [1.54, 1.807) is 0 Å². The molecule has 0 amide bonds. The number of rotatable bonds is 5. The van der Waals surface area contributed by atoms with Crippen molar-refractivity contribution in [3.8, 4) is 0 Å². The third-order valence-electron chi connectivity index (χ3n) is 3.53. The molecule has 1 aliphatic heterocycles. The van der Waals surface area contributed by atoms with Gasteiger partial charge in [-0.3, -0.25) is 4.68 Å². The minimum atomic E-state index is 0.368. The lowest BCUT2D eigenvalue weighted by atomic mass is 10.2. The van der Waals surface area contributed by atoms with Crippen LogP contribution in [0.5, 0.6) is 0 Å². The van der Waals surface area contributed by atoms with Gasteiger partial charge in [-0.15, -0.1) is 0 Å². The Morgan fingerprint density at radius 2 is 2.33 bits per heavy atom. The van der Waals surface area contributed by atoms with E-state index in [0.717, 1.165) is 25.4 Å². The van der Waals surface area contributed by atoms with Crippen molar-refractivity contribution in [2.24, 2.45) is 7.05 Å². The van der Waals surface area contributed by atoms with Crippen molar-refractivity contribution in [3.05, 3.63) is 11.3 Å². The number of aryl methyl sites for hydroxylation is 2. The average Bonchev–Trinajstić information content (AvgIpc) is 2.89. The fourth-order valence-corrected chi connectivity index (χ4v) is 2.73. The lowest BCUT2D eigenvalue weighted by Crippen LogP contribution is -2.31. The first-order valence-corrected chi connectivity index (χ1v) is 6.63. The first-order valence-electron chi connectivity index (χ1n) is 6.63. The Bertz CT molecular complexity index is 396. The molecular formula is C13H24N4O. The summed E-state index contributed by atoms with van der Waals surface area (Å²) in [6, 6.07) is 0. The Morgan fingerprint density at radius 1 is 1.56 bits per heavy atom. The normalized spacial score (nSPS) is 19.4. The van der Waals surface area contributed by atoms with Crippen molar-refractivity contribution in [2.75, 3.05) is 32.1 Å². The second kappa shape index (κ2) is 5.71. The largest absolute Gasteiger partial charge is 0.376 e. The van der Waals surface area contributed by atoms with Crippen LogP contribution in [0.3, 0.4) is 0 Å². The molecule has 5 nitrogen and oxygen atoms in total. The highest BCUT2D eigenvalue weighted by Gasteiger charge is 2.21. The molecule has 0 bridgehead atoms. The molecule has 0 saturated carbocycles. The zero-order chi connectivity index (χ0) is 13.1. The standard InChI is InChI=1S/C13H24N4O/c1-10-12(8-14-2)13(17(4)15-10)16(3)9-11-6-5-7-18-11/h11,14H,5-9H2,1-4H3. The summed E-state index contributed by atoms with van der Waals surface area (Å²) in [5.41, 5.74) is 2.38. The number of anilines is 1. The van der Waals surface area contributed by atoms with Crippen LogP contribution in [-0.2, 0) is 18.3 Å². The lowest BCUT2D eigenvalue weighted by molar-refractivity contribution is 0.116. The third kappa shape index (κ3) is 2.67. The summed E-state index contributed by atoms with van der Waals surface area (Å²) < 4.78 is 7.67. The van der Waals surface area contributed by atoms with E-state index < -0.39 is 0 Å². The molecule has 0 radical (unpaired) electrons. The van der Waals surface area contributed by atoms with Gasteiger partial charge in [0.2, 0.25) is 0 Å². The Labute approximate surface area is 109 Å². The maximum absolute atomic E-state index is 5.70. The first-order chi connectivity index (χ1) is 8.63. The molecule has 1 unspecified atom stereocenters. The number of nitrogens with zero attached hydrogens (tertiary/aromatic N) is 3. The second-order valence-electron chi connectivity index (χ2n) is 5.06. The minimum absolute atomic E-state index is 0.368. The Hall–Kier alpha value is -1.07. The van der Waals surface area contributed by atoms with E-state index in [9.17, 15) is 0 Å². The van der Waals surface area contributed by atoms with Crippen molar-refractivity contribution in [3.63, 3.8) is 0 Å². The zero-order valence-corrected chi connectivity index (χ0v) is 11.9. The van der Waals surface area contributed by atoms with E-state index >= 15 is 0 Å². The molecule has 2 rings (SSSR count). The van der Waals surface area contributed by atoms with E-state index in [2.05, 4.69) is 29.3 Å². The lowest BCUT2D eigenvalue weighted by Gasteiger charge is -2.24. The quantitative estimate of drug-likeness (QED) is 0.851. The molecule has 0 spiro atoms. The van der Waals surface area contributed by atoms with Crippen LogP contribution < -0.4 is 10.2 Å². The topological polar surface area (TPSA) is 42.3 Å². The number of likely N-dealkylation sites (N-methyl/N-ethyl adjacent to an activating group) is 1. The van der Waals surface area contributed by atoms with Crippen LogP contribution in [0.2, 0.25) is 0 Å². The number of hydrogen-bond donors (Lipinski definition) is 1. The average molecular weight is 252 g/mol. The van der Waals surface area contributed by atoms with Crippen LogP contribution in [0.25, 0.3) is 0 Å². The Morgan fingerprint density at radius 3 is 2.94 bits per heavy atom. The highest BCUT2D eigenvalue weighted by Crippen LogP contribution is 2.24. The van der Waals surface area contributed by atoms with E-state index in [-0.39, 0.29) is 0 Å². The van der Waals surface area contributed by atoms with Gasteiger partial charge in [0.05, 0.1) is 11.8 Å². The van der Waals surface area contributed by atoms with Gasteiger partial charge in [0, 0.05) is 39.4 Å². The number of ether oxygens (including phenoxy) is 1. The molecule has 0 aliphatic carbocycles. The van der Waals surface area contributed by atoms with Crippen molar-refractivity contribution >= 4 is 5.82 Å². The minimum Gasteiger partial charge on any atom is -0.376 e. The fourth-order valence-electron chi connectivity index (χ4n) is 2.73. The molecule has 18 heavy (non-hydrogen) atoms. The monoisotopic (exact) mass is 252 g/mol. The summed E-state index contributed by atoms with van der Waals surface area (Å²) in [6.07, 6.45) is 2.72. The van der Waals surface area contributed by atoms with Crippen molar-refractivity contribution < 1.29 is 4.74 Å².